The van der Waals surface area contributed by atoms with E-state index in [0.29, 0.717) is 18.8 Å². The topological polar surface area (TPSA) is 78.5 Å². The number of rotatable bonds is 3. The molecule has 29 heavy (non-hydrogen) atoms. The Bertz CT molecular complexity index is 850. The molecule has 3 atom stereocenters. The summed E-state index contributed by atoms with van der Waals surface area (Å²) in [6.45, 7) is 6.18. The molecule has 2 aliphatic carbocycles. The van der Waals surface area contributed by atoms with Crippen molar-refractivity contribution in [1.82, 2.24) is 15.5 Å². The number of carbonyl (C=O) groups is 3. The van der Waals surface area contributed by atoms with E-state index in [-0.39, 0.29) is 29.8 Å². The minimum absolute atomic E-state index is 0.0231. The second-order valence-electron chi connectivity index (χ2n) is 9.97. The number of imide groups is 1. The van der Waals surface area contributed by atoms with Gasteiger partial charge in [-0.3, -0.25) is 14.5 Å². The predicted octanol–water partition coefficient (Wildman–Crippen LogP) is 3.32. The number of carbonyl (C=O) groups excluding carboxylic acids is 3. The van der Waals surface area contributed by atoms with Gasteiger partial charge in [0.2, 0.25) is 5.91 Å². The lowest BCUT2D eigenvalue weighted by Gasteiger charge is -2.43. The van der Waals surface area contributed by atoms with Crippen LogP contribution in [0.5, 0.6) is 0 Å². The van der Waals surface area contributed by atoms with Crippen molar-refractivity contribution < 1.29 is 14.4 Å². The molecule has 6 nitrogen and oxygen atoms in total. The Morgan fingerprint density at radius 3 is 2.76 bits per heavy atom. The van der Waals surface area contributed by atoms with Crippen molar-refractivity contribution in [2.24, 2.45) is 11.3 Å². The molecule has 4 amide bonds. The van der Waals surface area contributed by atoms with E-state index in [2.05, 4.69) is 37.5 Å². The maximum atomic E-state index is 13.2. The average molecular weight is 398 g/mol. The van der Waals surface area contributed by atoms with E-state index in [1.165, 1.54) is 5.56 Å². The van der Waals surface area contributed by atoms with Crippen LogP contribution < -0.4 is 10.6 Å². The van der Waals surface area contributed by atoms with E-state index in [1.807, 2.05) is 18.2 Å². The summed E-state index contributed by atoms with van der Waals surface area (Å²) in [6.07, 6.45) is 5.18. The van der Waals surface area contributed by atoms with Gasteiger partial charge in [-0.1, -0.05) is 45.0 Å². The molecule has 0 bridgehead atoms. The Hall–Kier alpha value is -2.37. The second kappa shape index (κ2) is 7.15. The van der Waals surface area contributed by atoms with Crippen molar-refractivity contribution in [2.75, 3.05) is 6.54 Å². The van der Waals surface area contributed by atoms with Gasteiger partial charge in [-0.2, -0.15) is 0 Å². The van der Waals surface area contributed by atoms with E-state index in [1.54, 1.807) is 0 Å². The Labute approximate surface area is 172 Å². The first-order chi connectivity index (χ1) is 13.7. The second-order valence-corrected chi connectivity index (χ2v) is 9.97. The number of hydrogen-bond donors (Lipinski definition) is 2. The van der Waals surface area contributed by atoms with E-state index < -0.39 is 11.6 Å². The summed E-state index contributed by atoms with van der Waals surface area (Å²) in [6, 6.07) is 7.64. The largest absolute Gasteiger partial charge is 0.348 e. The van der Waals surface area contributed by atoms with Crippen LogP contribution in [-0.4, -0.2) is 34.8 Å². The van der Waals surface area contributed by atoms with Crippen LogP contribution in [0.25, 0.3) is 0 Å². The van der Waals surface area contributed by atoms with E-state index in [4.69, 9.17) is 0 Å². The van der Waals surface area contributed by atoms with Gasteiger partial charge in [0.1, 0.15) is 12.1 Å². The molecule has 2 fully saturated rings. The molecule has 1 saturated carbocycles. The van der Waals surface area contributed by atoms with E-state index in [0.717, 1.165) is 36.1 Å². The first kappa shape index (κ1) is 19.9. The summed E-state index contributed by atoms with van der Waals surface area (Å²) in [7, 11) is 0. The lowest BCUT2D eigenvalue weighted by Crippen LogP contribution is -2.54. The molecule has 0 radical (unpaired) electrons. The minimum Gasteiger partial charge on any atom is -0.348 e. The SMILES string of the molecule is C[C@H]1CC(C)(C)C[C@]2(C1)NC(=O)N(CC(=O)N[C@@H]1CCCc3ccccc31)C2=O. The number of hydrogen-bond acceptors (Lipinski definition) is 3. The van der Waals surface area contributed by atoms with Crippen molar-refractivity contribution >= 4 is 17.8 Å². The highest BCUT2D eigenvalue weighted by Gasteiger charge is 2.56. The first-order valence-corrected chi connectivity index (χ1v) is 10.7. The molecule has 156 valence electrons. The summed E-state index contributed by atoms with van der Waals surface area (Å²) in [5.41, 5.74) is 1.51. The molecule has 0 unspecified atom stereocenters. The standard InChI is InChI=1S/C23H31N3O3/c1-15-11-22(2,3)14-23(12-15)20(28)26(21(29)25-23)13-19(27)24-18-10-6-8-16-7-4-5-9-17(16)18/h4-5,7,9,15,18H,6,8,10-14H2,1-3H3,(H,24,27)(H,25,29)/t15-,18+,23-/m0/s1. The van der Waals surface area contributed by atoms with Crippen molar-refractivity contribution in [2.45, 2.75) is 70.9 Å². The van der Waals surface area contributed by atoms with Crippen LogP contribution in [0.4, 0.5) is 4.79 Å². The zero-order valence-electron chi connectivity index (χ0n) is 17.6. The molecule has 4 rings (SSSR count). The fourth-order valence-corrected chi connectivity index (χ4v) is 5.94. The molecule has 1 spiro atoms. The van der Waals surface area contributed by atoms with Crippen LogP contribution >= 0.6 is 0 Å². The van der Waals surface area contributed by atoms with Crippen LogP contribution in [0.3, 0.4) is 0 Å². The predicted molar refractivity (Wildman–Crippen MR) is 110 cm³/mol. The summed E-state index contributed by atoms with van der Waals surface area (Å²) in [4.78, 5) is 39.7. The highest BCUT2D eigenvalue weighted by atomic mass is 16.2. The van der Waals surface area contributed by atoms with Crippen molar-refractivity contribution in [3.05, 3.63) is 35.4 Å². The maximum Gasteiger partial charge on any atom is 0.325 e. The van der Waals surface area contributed by atoms with Crippen LogP contribution in [0.15, 0.2) is 24.3 Å². The third kappa shape index (κ3) is 3.77. The van der Waals surface area contributed by atoms with E-state index >= 15 is 0 Å². The van der Waals surface area contributed by atoms with Gasteiger partial charge < -0.3 is 10.6 Å². The molecule has 6 heteroatoms. The summed E-state index contributed by atoms with van der Waals surface area (Å²) < 4.78 is 0. The van der Waals surface area contributed by atoms with Gasteiger partial charge in [0.05, 0.1) is 6.04 Å². The van der Waals surface area contributed by atoms with Crippen LogP contribution in [0.2, 0.25) is 0 Å². The van der Waals surface area contributed by atoms with Gasteiger partial charge in [-0.15, -0.1) is 0 Å². The summed E-state index contributed by atoms with van der Waals surface area (Å²) in [5.74, 6) is -0.188. The van der Waals surface area contributed by atoms with Crippen molar-refractivity contribution in [3.8, 4) is 0 Å². The molecule has 3 aliphatic rings. The summed E-state index contributed by atoms with van der Waals surface area (Å²) in [5, 5.41) is 5.98. The molecule has 1 aromatic rings. The number of nitrogens with one attached hydrogen (secondary N) is 2. The zero-order chi connectivity index (χ0) is 20.8. The number of amides is 4. The normalized spacial score (nSPS) is 30.8. The van der Waals surface area contributed by atoms with Crippen LogP contribution in [0.1, 0.15) is 70.0 Å². The van der Waals surface area contributed by atoms with Crippen LogP contribution in [-0.2, 0) is 16.0 Å². The molecule has 2 N–H and O–H groups in total. The monoisotopic (exact) mass is 397 g/mol. The smallest absolute Gasteiger partial charge is 0.325 e. The van der Waals surface area contributed by atoms with Crippen molar-refractivity contribution in [3.63, 3.8) is 0 Å². The van der Waals surface area contributed by atoms with Crippen molar-refractivity contribution in [1.29, 1.82) is 0 Å². The fourth-order valence-electron chi connectivity index (χ4n) is 5.94. The molecule has 1 aromatic carbocycles. The maximum absolute atomic E-state index is 13.2. The zero-order valence-corrected chi connectivity index (χ0v) is 17.6. The lowest BCUT2D eigenvalue weighted by molar-refractivity contribution is -0.137. The number of fused-ring (bicyclic) bond motifs is 1. The van der Waals surface area contributed by atoms with Crippen LogP contribution in [0, 0.1) is 11.3 Å². The quantitative estimate of drug-likeness (QED) is 0.768. The van der Waals surface area contributed by atoms with E-state index in [9.17, 15) is 14.4 Å². The van der Waals surface area contributed by atoms with Gasteiger partial charge >= 0.3 is 6.03 Å². The van der Waals surface area contributed by atoms with Gasteiger partial charge in [0, 0.05) is 0 Å². The molecular formula is C23H31N3O3. The highest BCUT2D eigenvalue weighted by Crippen LogP contribution is 2.46. The highest BCUT2D eigenvalue weighted by molar-refractivity contribution is 6.09. The number of benzene rings is 1. The Morgan fingerprint density at radius 1 is 1.24 bits per heavy atom. The third-order valence-corrected chi connectivity index (χ3v) is 6.63. The third-order valence-electron chi connectivity index (χ3n) is 6.63. The summed E-state index contributed by atoms with van der Waals surface area (Å²) >= 11 is 0. The number of aryl methyl sites for hydroxylation is 1. The molecule has 1 saturated heterocycles. The van der Waals surface area contributed by atoms with Gasteiger partial charge in [-0.05, 0) is 61.0 Å². The molecular weight excluding hydrogens is 366 g/mol. The van der Waals surface area contributed by atoms with Gasteiger partial charge in [0.15, 0.2) is 0 Å². The molecule has 1 heterocycles. The fraction of sp³-hybridized carbons (Fsp3) is 0.609. The Balaban J connectivity index is 1.45. The van der Waals surface area contributed by atoms with Gasteiger partial charge in [0.25, 0.3) is 5.91 Å². The molecule has 0 aromatic heterocycles. The average Bonchev–Trinajstić information content (AvgIpc) is 2.83. The number of urea groups is 1. The van der Waals surface area contributed by atoms with Gasteiger partial charge in [-0.25, -0.2) is 4.79 Å². The molecule has 1 aliphatic heterocycles. The Kier molecular flexibility index (Phi) is 4.91. The Morgan fingerprint density at radius 2 is 2.00 bits per heavy atom. The number of nitrogens with zero attached hydrogens (tertiary/aromatic N) is 1. The lowest BCUT2D eigenvalue weighted by atomic mass is 9.64. The minimum atomic E-state index is -0.865. The first-order valence-electron chi connectivity index (χ1n) is 10.7.